The lowest BCUT2D eigenvalue weighted by molar-refractivity contribution is 0.469. The molecular weight excluding hydrogens is 240 g/mol. The molecule has 1 heterocycles. The van der Waals surface area contributed by atoms with Crippen molar-refractivity contribution >= 4 is 34.2 Å². The fourth-order valence-corrected chi connectivity index (χ4v) is 2.21. The minimum absolute atomic E-state index is 0.365. The van der Waals surface area contributed by atoms with E-state index in [1.54, 1.807) is 5.38 Å². The van der Waals surface area contributed by atoms with Gasteiger partial charge >= 0.3 is 6.98 Å². The summed E-state index contributed by atoms with van der Waals surface area (Å²) < 4.78 is 36.1. The zero-order chi connectivity index (χ0) is 8.48. The van der Waals surface area contributed by atoms with Gasteiger partial charge in [-0.2, -0.15) is 11.3 Å². The second-order valence-corrected chi connectivity index (χ2v) is 4.06. The maximum Gasteiger partial charge on any atom is 0.483 e. The predicted octanol–water partition coefficient (Wildman–Crippen LogP) is 3.44. The topological polar surface area (TPSA) is 0 Å². The van der Waals surface area contributed by atoms with E-state index < -0.39 is 13.3 Å². The summed E-state index contributed by atoms with van der Waals surface area (Å²) >= 11 is 4.21. The highest BCUT2D eigenvalue weighted by Crippen LogP contribution is 2.24. The van der Waals surface area contributed by atoms with Crippen LogP contribution in [0.25, 0.3) is 0 Å². The van der Waals surface area contributed by atoms with Crippen LogP contribution >= 0.6 is 27.3 Å². The molecule has 0 saturated heterocycles. The fourth-order valence-electron chi connectivity index (χ4n) is 0.689. The van der Waals surface area contributed by atoms with Gasteiger partial charge in [0.25, 0.3) is 0 Å². The van der Waals surface area contributed by atoms with Crippen molar-refractivity contribution in [3.8, 4) is 0 Å². The van der Waals surface area contributed by atoms with Gasteiger partial charge in [-0.05, 0) is 26.9 Å². The largest absolute Gasteiger partial charge is 0.483 e. The third kappa shape index (κ3) is 3.29. The van der Waals surface area contributed by atoms with Gasteiger partial charge < -0.3 is 12.9 Å². The Labute approximate surface area is 74.6 Å². The van der Waals surface area contributed by atoms with E-state index in [1.807, 2.05) is 0 Å². The van der Waals surface area contributed by atoms with Crippen LogP contribution in [0.15, 0.2) is 15.9 Å². The number of hydrogen-bond acceptors (Lipinski definition) is 1. The molecule has 1 aromatic heterocycles. The molecule has 0 aliphatic heterocycles. The molecule has 0 saturated carbocycles. The first-order valence-corrected chi connectivity index (χ1v) is 4.58. The Morgan fingerprint density at radius 2 is 2.09 bits per heavy atom. The molecule has 0 bridgehead atoms. The molecule has 0 atom stereocenters. The van der Waals surface area contributed by atoms with Crippen molar-refractivity contribution in [1.29, 1.82) is 0 Å². The Kier molecular flexibility index (Phi) is 2.64. The second-order valence-electron chi connectivity index (χ2n) is 2.15. The highest BCUT2D eigenvalue weighted by Gasteiger charge is 2.23. The van der Waals surface area contributed by atoms with E-state index in [0.29, 0.717) is 4.88 Å². The van der Waals surface area contributed by atoms with E-state index >= 15 is 0 Å². The molecule has 0 N–H and O–H groups in total. The van der Waals surface area contributed by atoms with Crippen molar-refractivity contribution in [2.24, 2.45) is 0 Å². The Morgan fingerprint density at radius 3 is 2.45 bits per heavy atom. The summed E-state index contributed by atoms with van der Waals surface area (Å²) in [7, 11) is 0. The van der Waals surface area contributed by atoms with Crippen LogP contribution in [0.5, 0.6) is 0 Å². The summed E-state index contributed by atoms with van der Waals surface area (Å²) in [4.78, 5) is 0.365. The van der Waals surface area contributed by atoms with Crippen molar-refractivity contribution in [2.75, 3.05) is 0 Å². The van der Waals surface area contributed by atoms with Crippen molar-refractivity contribution in [3.63, 3.8) is 0 Å². The van der Waals surface area contributed by atoms with E-state index in [1.165, 1.54) is 6.07 Å². The molecule has 0 radical (unpaired) electrons. The summed E-state index contributed by atoms with van der Waals surface area (Å²) in [6, 6.07) is 1.50. The third-order valence-electron chi connectivity index (χ3n) is 1.05. The van der Waals surface area contributed by atoms with Crippen LogP contribution < -0.4 is 0 Å². The van der Waals surface area contributed by atoms with Crippen LogP contribution in [0.3, 0.4) is 0 Å². The van der Waals surface area contributed by atoms with Gasteiger partial charge in [-0.1, -0.05) is 6.32 Å². The highest BCUT2D eigenvalue weighted by molar-refractivity contribution is 9.10. The van der Waals surface area contributed by atoms with Gasteiger partial charge in [0, 0.05) is 9.85 Å². The van der Waals surface area contributed by atoms with Gasteiger partial charge in [-0.15, -0.1) is 0 Å². The smallest absolute Gasteiger partial charge is 0.449 e. The molecule has 0 aliphatic carbocycles. The summed E-state index contributed by atoms with van der Waals surface area (Å²) in [5, 5.41) is 1.65. The number of hydrogen-bond donors (Lipinski definition) is 0. The Morgan fingerprint density at radius 1 is 1.45 bits per heavy atom. The lowest BCUT2D eigenvalue weighted by atomic mass is 9.85. The fraction of sp³-hybridized carbons (Fsp3) is 0.200. The standard InChI is InChI=1S/C5H4BBrF3S/c7-4-1-5(11-3-4)2-6(8,9)10/h1,3H,2H2/q-1. The van der Waals surface area contributed by atoms with Gasteiger partial charge in [0.1, 0.15) is 0 Å². The molecule has 6 heteroatoms. The molecule has 0 spiro atoms. The summed E-state index contributed by atoms with van der Waals surface area (Å²) in [5.74, 6) is 0. The van der Waals surface area contributed by atoms with Gasteiger partial charge in [0.2, 0.25) is 0 Å². The van der Waals surface area contributed by atoms with Gasteiger partial charge in [0.15, 0.2) is 0 Å². The SMILES string of the molecule is F[B-](F)(F)Cc1cc(Br)cs1. The Hall–Kier alpha value is 0.0349. The Bertz CT molecular complexity index is 244. The molecule has 0 nitrogen and oxygen atoms in total. The molecule has 11 heavy (non-hydrogen) atoms. The van der Waals surface area contributed by atoms with E-state index in [9.17, 15) is 12.9 Å². The molecular formula is C5H4BBrF3S-. The van der Waals surface area contributed by atoms with Gasteiger partial charge in [-0.3, -0.25) is 0 Å². The number of halogens is 4. The maximum atomic E-state index is 11.8. The van der Waals surface area contributed by atoms with Crippen LogP contribution in [0.4, 0.5) is 12.9 Å². The van der Waals surface area contributed by atoms with Crippen molar-refractivity contribution in [3.05, 3.63) is 20.8 Å². The number of thiophene rings is 1. The lowest BCUT2D eigenvalue weighted by Gasteiger charge is -2.10. The quantitative estimate of drug-likeness (QED) is 0.699. The molecule has 62 valence electrons. The van der Waals surface area contributed by atoms with E-state index in [2.05, 4.69) is 15.9 Å². The van der Waals surface area contributed by atoms with Crippen molar-refractivity contribution in [2.45, 2.75) is 6.32 Å². The third-order valence-corrected chi connectivity index (χ3v) is 2.77. The zero-order valence-corrected chi connectivity index (χ0v) is 7.76. The minimum Gasteiger partial charge on any atom is -0.449 e. The van der Waals surface area contributed by atoms with Gasteiger partial charge in [0.05, 0.1) is 0 Å². The molecule has 1 rings (SSSR count). The molecule has 0 aliphatic rings. The molecule has 0 amide bonds. The van der Waals surface area contributed by atoms with Crippen LogP contribution in [0.2, 0.25) is 0 Å². The second kappa shape index (κ2) is 3.19. The van der Waals surface area contributed by atoms with Gasteiger partial charge in [-0.25, -0.2) is 0 Å². The molecule has 0 fully saturated rings. The average Bonchev–Trinajstić information content (AvgIpc) is 2.10. The first-order chi connectivity index (χ1) is 4.97. The molecule has 0 unspecified atom stereocenters. The molecule has 1 aromatic rings. The highest BCUT2D eigenvalue weighted by atomic mass is 79.9. The number of rotatable bonds is 2. The van der Waals surface area contributed by atoms with E-state index in [0.717, 1.165) is 15.8 Å². The normalized spacial score (nSPS) is 12.0. The van der Waals surface area contributed by atoms with E-state index in [4.69, 9.17) is 0 Å². The Balaban J connectivity index is 2.65. The molecule has 0 aromatic carbocycles. The first-order valence-electron chi connectivity index (χ1n) is 2.91. The van der Waals surface area contributed by atoms with Crippen molar-refractivity contribution in [1.82, 2.24) is 0 Å². The average molecular weight is 244 g/mol. The predicted molar refractivity (Wildman–Crippen MR) is 44.8 cm³/mol. The first kappa shape index (κ1) is 9.13. The monoisotopic (exact) mass is 243 g/mol. The van der Waals surface area contributed by atoms with Crippen LogP contribution in [-0.2, 0) is 6.32 Å². The van der Waals surface area contributed by atoms with Crippen molar-refractivity contribution < 1.29 is 12.9 Å². The van der Waals surface area contributed by atoms with Crippen LogP contribution in [0, 0.1) is 0 Å². The summed E-state index contributed by atoms with van der Waals surface area (Å²) in [6.45, 7) is -4.68. The van der Waals surface area contributed by atoms with Crippen LogP contribution in [0.1, 0.15) is 4.88 Å². The van der Waals surface area contributed by atoms with E-state index in [-0.39, 0.29) is 0 Å². The zero-order valence-electron chi connectivity index (χ0n) is 5.36. The minimum atomic E-state index is -4.68. The summed E-state index contributed by atoms with van der Waals surface area (Å²) in [6.07, 6.45) is -0.768. The van der Waals surface area contributed by atoms with Crippen LogP contribution in [-0.4, -0.2) is 6.98 Å². The lowest BCUT2D eigenvalue weighted by Crippen LogP contribution is -2.18. The summed E-state index contributed by atoms with van der Waals surface area (Å²) in [5.41, 5.74) is 0. The maximum absolute atomic E-state index is 11.8.